The van der Waals surface area contributed by atoms with Crippen LogP contribution in [0.25, 0.3) is 0 Å². The van der Waals surface area contributed by atoms with Crippen molar-refractivity contribution in [3.63, 3.8) is 0 Å². The van der Waals surface area contributed by atoms with Gasteiger partial charge in [0.1, 0.15) is 0 Å². The smallest absolute Gasteiger partial charge is 0.222 e. The summed E-state index contributed by atoms with van der Waals surface area (Å²) in [6, 6.07) is 14.2. The minimum atomic E-state index is -0.144. The number of phenolic OH excluding ortho intramolecular Hbond substituents is 2. The zero-order valence-electron chi connectivity index (χ0n) is 10.4. The quantitative estimate of drug-likeness (QED) is 0.259. The van der Waals surface area contributed by atoms with E-state index in [9.17, 15) is 15.4 Å². The van der Waals surface area contributed by atoms with Gasteiger partial charge in [-0.1, -0.05) is 24.3 Å². The molecular formula is C15H16NO3+. The van der Waals surface area contributed by atoms with Gasteiger partial charge in [0.2, 0.25) is 6.21 Å². The minimum Gasteiger partial charge on any atom is -0.504 e. The molecule has 0 radical (unpaired) electrons. The highest BCUT2D eigenvalue weighted by Gasteiger charge is 2.05. The molecule has 2 aromatic carbocycles. The molecule has 0 unspecified atom stereocenters. The summed E-state index contributed by atoms with van der Waals surface area (Å²) in [5.74, 6) is -0.283. The molecule has 0 bridgehead atoms. The van der Waals surface area contributed by atoms with Crippen LogP contribution in [0.1, 0.15) is 11.1 Å². The molecule has 0 heterocycles. The monoisotopic (exact) mass is 258 g/mol. The van der Waals surface area contributed by atoms with Gasteiger partial charge in [-0.25, -0.2) is 0 Å². The summed E-state index contributed by atoms with van der Waals surface area (Å²) in [6.45, 7) is 0.402. The van der Waals surface area contributed by atoms with Gasteiger partial charge in [-0.15, -0.1) is 0 Å². The minimum absolute atomic E-state index is 0.138. The van der Waals surface area contributed by atoms with E-state index >= 15 is 0 Å². The summed E-state index contributed by atoms with van der Waals surface area (Å²) >= 11 is 0. The first kappa shape index (κ1) is 13.0. The van der Waals surface area contributed by atoms with Gasteiger partial charge in [-0.05, 0) is 34.6 Å². The maximum atomic E-state index is 9.75. The number of nitrogens with zero attached hydrogens (tertiary/aromatic N) is 1. The fraction of sp³-hybridized carbons (Fsp3) is 0.133. The zero-order chi connectivity index (χ0) is 13.7. The molecule has 19 heavy (non-hydrogen) atoms. The van der Waals surface area contributed by atoms with Crippen LogP contribution in [0.15, 0.2) is 48.5 Å². The number of hydrogen-bond donors (Lipinski definition) is 3. The predicted octanol–water partition coefficient (Wildman–Crippen LogP) is 2.16. The molecule has 0 aromatic heterocycles. The van der Waals surface area contributed by atoms with Crippen molar-refractivity contribution in [2.24, 2.45) is 0 Å². The first-order chi connectivity index (χ1) is 9.15. The Morgan fingerprint density at radius 3 is 2.37 bits per heavy atom. The zero-order valence-corrected chi connectivity index (χ0v) is 10.4. The van der Waals surface area contributed by atoms with Crippen LogP contribution in [-0.4, -0.2) is 32.9 Å². The molecule has 4 nitrogen and oxygen atoms in total. The van der Waals surface area contributed by atoms with Crippen molar-refractivity contribution in [1.29, 1.82) is 0 Å². The first-order valence-corrected chi connectivity index (χ1v) is 6.01. The summed E-state index contributed by atoms with van der Waals surface area (Å²) in [5.41, 5.74) is 1.76. The second kappa shape index (κ2) is 5.91. The number of hydrogen-bond acceptors (Lipinski definition) is 3. The van der Waals surface area contributed by atoms with Gasteiger partial charge < -0.3 is 10.2 Å². The Kier molecular flexibility index (Phi) is 4.03. The Hall–Kier alpha value is -2.49. The molecule has 0 atom stereocenters. The van der Waals surface area contributed by atoms with Crippen LogP contribution >= 0.6 is 0 Å². The summed E-state index contributed by atoms with van der Waals surface area (Å²) in [5, 5.41) is 28.3. The van der Waals surface area contributed by atoms with Crippen molar-refractivity contribution in [3.8, 4) is 11.5 Å². The van der Waals surface area contributed by atoms with Crippen LogP contribution in [0.3, 0.4) is 0 Å². The van der Waals surface area contributed by atoms with Gasteiger partial charge in [0, 0.05) is 12.0 Å². The van der Waals surface area contributed by atoms with Crippen molar-refractivity contribution in [3.05, 3.63) is 59.7 Å². The molecule has 0 aliphatic carbocycles. The molecule has 3 N–H and O–H groups in total. The van der Waals surface area contributed by atoms with E-state index in [1.807, 2.05) is 30.3 Å². The molecule has 0 spiro atoms. The molecule has 0 aliphatic heterocycles. The summed E-state index contributed by atoms with van der Waals surface area (Å²) < 4.78 is 1.11. The van der Waals surface area contributed by atoms with Gasteiger partial charge >= 0.3 is 0 Å². The number of benzene rings is 2. The van der Waals surface area contributed by atoms with E-state index < -0.39 is 0 Å². The summed E-state index contributed by atoms with van der Waals surface area (Å²) in [6.07, 6.45) is 2.20. The molecule has 4 heteroatoms. The lowest BCUT2D eigenvalue weighted by Crippen LogP contribution is -2.12. The Bertz CT molecular complexity index is 579. The molecule has 0 aliphatic rings. The van der Waals surface area contributed by atoms with E-state index in [1.54, 1.807) is 12.3 Å². The lowest BCUT2D eigenvalue weighted by Gasteiger charge is -2.01. The first-order valence-electron chi connectivity index (χ1n) is 6.01. The largest absolute Gasteiger partial charge is 0.504 e. The van der Waals surface area contributed by atoms with Crippen LogP contribution in [0, 0.1) is 0 Å². The van der Waals surface area contributed by atoms with Crippen LogP contribution in [0.5, 0.6) is 11.5 Å². The number of aromatic hydroxyl groups is 2. The van der Waals surface area contributed by atoms with Gasteiger partial charge in [0.15, 0.2) is 18.0 Å². The van der Waals surface area contributed by atoms with Crippen LogP contribution < -0.4 is 0 Å². The fourth-order valence-electron chi connectivity index (χ4n) is 1.74. The maximum absolute atomic E-state index is 9.75. The highest BCUT2D eigenvalue weighted by atomic mass is 16.5. The van der Waals surface area contributed by atoms with Crippen molar-refractivity contribution in [1.82, 2.24) is 0 Å². The standard InChI is InChI=1S/C15H15NO3/c17-14-7-6-12(10-15(14)18)8-9-16(19)11-13-4-2-1-3-5-13/h1-7,10-11H,8-9H2,(H2-,17,18,19)/p+1. The Morgan fingerprint density at radius 1 is 0.947 bits per heavy atom. The highest BCUT2D eigenvalue weighted by Crippen LogP contribution is 2.24. The van der Waals surface area contributed by atoms with Crippen LogP contribution in [0.4, 0.5) is 0 Å². The van der Waals surface area contributed by atoms with Gasteiger partial charge in [-0.3, -0.25) is 5.21 Å². The lowest BCUT2D eigenvalue weighted by atomic mass is 10.1. The molecular weight excluding hydrogens is 242 g/mol. The van der Waals surface area contributed by atoms with E-state index in [2.05, 4.69) is 0 Å². The topological polar surface area (TPSA) is 63.7 Å². The SMILES string of the molecule is Oc1ccc(CC[N+](O)=Cc2ccccc2)cc1O. The van der Waals surface area contributed by atoms with E-state index in [4.69, 9.17) is 0 Å². The Morgan fingerprint density at radius 2 is 1.68 bits per heavy atom. The number of phenols is 2. The van der Waals surface area contributed by atoms with E-state index in [0.717, 1.165) is 15.9 Å². The third kappa shape index (κ3) is 3.74. The molecule has 2 aromatic rings. The molecule has 0 saturated heterocycles. The summed E-state index contributed by atoms with van der Waals surface area (Å²) in [7, 11) is 0. The third-order valence-corrected chi connectivity index (χ3v) is 2.77. The van der Waals surface area contributed by atoms with Gasteiger partial charge in [-0.2, -0.15) is 0 Å². The van der Waals surface area contributed by atoms with E-state index in [1.165, 1.54) is 12.1 Å². The van der Waals surface area contributed by atoms with Crippen LogP contribution in [0.2, 0.25) is 0 Å². The Labute approximate surface area is 111 Å². The Balaban J connectivity index is 1.98. The van der Waals surface area contributed by atoms with Gasteiger partial charge in [0.25, 0.3) is 0 Å². The average Bonchev–Trinajstić information content (AvgIpc) is 2.41. The second-order valence-electron chi connectivity index (χ2n) is 4.28. The predicted molar refractivity (Wildman–Crippen MR) is 72.0 cm³/mol. The fourth-order valence-corrected chi connectivity index (χ4v) is 1.74. The van der Waals surface area contributed by atoms with Gasteiger partial charge in [0.05, 0.1) is 0 Å². The normalized spacial score (nSPS) is 11.5. The van der Waals surface area contributed by atoms with E-state index in [0.29, 0.717) is 13.0 Å². The number of rotatable bonds is 4. The highest BCUT2D eigenvalue weighted by molar-refractivity contribution is 5.75. The third-order valence-electron chi connectivity index (χ3n) is 2.77. The van der Waals surface area contributed by atoms with Crippen molar-refractivity contribution >= 4 is 6.21 Å². The number of hydroxylamine groups is 1. The molecule has 0 amide bonds. The van der Waals surface area contributed by atoms with E-state index in [-0.39, 0.29) is 11.5 Å². The molecule has 0 saturated carbocycles. The van der Waals surface area contributed by atoms with Crippen molar-refractivity contribution in [2.75, 3.05) is 6.54 Å². The summed E-state index contributed by atoms with van der Waals surface area (Å²) in [4.78, 5) is 0. The van der Waals surface area contributed by atoms with Crippen LogP contribution in [-0.2, 0) is 6.42 Å². The lowest BCUT2D eigenvalue weighted by molar-refractivity contribution is -0.770. The van der Waals surface area contributed by atoms with Crippen molar-refractivity contribution < 1.29 is 20.2 Å². The second-order valence-corrected chi connectivity index (χ2v) is 4.28. The average molecular weight is 258 g/mol. The maximum Gasteiger partial charge on any atom is 0.222 e. The molecule has 2 rings (SSSR count). The van der Waals surface area contributed by atoms with Crippen molar-refractivity contribution in [2.45, 2.75) is 6.42 Å². The molecule has 98 valence electrons. The molecule has 0 fully saturated rings.